The van der Waals surface area contributed by atoms with Crippen molar-refractivity contribution in [3.8, 4) is 0 Å². The molecule has 0 N–H and O–H groups in total. The molecule has 0 aliphatic heterocycles. The maximum atomic E-state index is 8.52. The van der Waals surface area contributed by atoms with Crippen LogP contribution in [0.1, 0.15) is 40.0 Å². The first-order valence-corrected chi connectivity index (χ1v) is 5.57. The molecule has 16 heavy (non-hydrogen) atoms. The summed E-state index contributed by atoms with van der Waals surface area (Å²) in [5.74, 6) is 0.521. The Labute approximate surface area is 95.3 Å². The van der Waals surface area contributed by atoms with Gasteiger partial charge in [-0.25, -0.2) is 0 Å². The average Bonchev–Trinajstić information content (AvgIpc) is 2.19. The summed E-state index contributed by atoms with van der Waals surface area (Å²) in [4.78, 5) is 5.67. The Morgan fingerprint density at radius 3 is 2.06 bits per heavy atom. The predicted molar refractivity (Wildman–Crippen MR) is 62.7 cm³/mol. The number of rotatable bonds is 2. The monoisotopic (exact) mass is 222 g/mol. The highest BCUT2D eigenvalue weighted by molar-refractivity contribution is 4.93. The third-order valence-electron chi connectivity index (χ3n) is 3.41. The highest BCUT2D eigenvalue weighted by atomic mass is 15.2. The van der Waals surface area contributed by atoms with Crippen LogP contribution in [0.25, 0.3) is 20.9 Å². The number of hydrogen-bond acceptors (Lipinski definition) is 2. The van der Waals surface area contributed by atoms with Crippen molar-refractivity contribution in [1.29, 1.82) is 0 Å². The molecule has 0 bridgehead atoms. The maximum Gasteiger partial charge on any atom is 0.0461 e. The third-order valence-corrected chi connectivity index (χ3v) is 3.41. The first-order chi connectivity index (χ1) is 7.49. The fourth-order valence-corrected chi connectivity index (χ4v) is 2.31. The third kappa shape index (κ3) is 3.05. The van der Waals surface area contributed by atoms with Gasteiger partial charge in [-0.3, -0.25) is 0 Å². The van der Waals surface area contributed by atoms with E-state index in [1.54, 1.807) is 0 Å². The Hall–Kier alpha value is -1.38. The van der Waals surface area contributed by atoms with Gasteiger partial charge in [0.1, 0.15) is 0 Å². The Bertz CT molecular complexity index is 332. The predicted octanol–water partition coefficient (Wildman–Crippen LogP) is 4.19. The van der Waals surface area contributed by atoms with Crippen LogP contribution in [0.15, 0.2) is 10.2 Å². The molecule has 1 saturated carbocycles. The van der Waals surface area contributed by atoms with Crippen LogP contribution in [0.2, 0.25) is 0 Å². The molecule has 0 aromatic heterocycles. The van der Waals surface area contributed by atoms with E-state index in [2.05, 4.69) is 40.8 Å². The van der Waals surface area contributed by atoms with E-state index in [1.807, 2.05) is 0 Å². The molecule has 0 aromatic rings. The molecular weight excluding hydrogens is 204 g/mol. The van der Waals surface area contributed by atoms with Crippen LogP contribution in [0.5, 0.6) is 0 Å². The lowest BCUT2D eigenvalue weighted by atomic mass is 9.70. The van der Waals surface area contributed by atoms with Crippen LogP contribution in [0, 0.1) is 11.3 Å². The van der Waals surface area contributed by atoms with E-state index >= 15 is 0 Å². The van der Waals surface area contributed by atoms with Crippen molar-refractivity contribution in [1.82, 2.24) is 0 Å². The van der Waals surface area contributed by atoms with E-state index < -0.39 is 0 Å². The molecule has 3 unspecified atom stereocenters. The summed E-state index contributed by atoms with van der Waals surface area (Å²) in [5, 5.41) is 7.48. The Balaban J connectivity index is 2.80. The first kappa shape index (κ1) is 12.7. The quantitative estimate of drug-likeness (QED) is 0.380. The second-order valence-electron chi connectivity index (χ2n) is 5.42. The van der Waals surface area contributed by atoms with Crippen LogP contribution < -0.4 is 0 Å². The van der Waals surface area contributed by atoms with Gasteiger partial charge in [0, 0.05) is 21.9 Å². The van der Waals surface area contributed by atoms with Gasteiger partial charge in [0.25, 0.3) is 0 Å². The number of hydrogen-bond donors (Lipinski definition) is 0. The molecule has 0 radical (unpaired) electrons. The standard InChI is InChI=1S/C10H18N6/c1-10(2,3)7-4-5-8(13-15-11)9(6-7)14-16-12/h7-9H,4-6H2,1-3H3. The molecule has 0 heterocycles. The second kappa shape index (κ2) is 5.10. The minimum absolute atomic E-state index is 0.167. The molecule has 1 aliphatic carbocycles. The molecule has 1 fully saturated rings. The fourth-order valence-electron chi connectivity index (χ4n) is 2.31. The van der Waals surface area contributed by atoms with Crippen molar-refractivity contribution in [3.05, 3.63) is 20.9 Å². The molecule has 6 nitrogen and oxygen atoms in total. The van der Waals surface area contributed by atoms with Gasteiger partial charge >= 0.3 is 0 Å². The lowest BCUT2D eigenvalue weighted by molar-refractivity contribution is 0.155. The summed E-state index contributed by atoms with van der Waals surface area (Å²) in [6.45, 7) is 6.58. The van der Waals surface area contributed by atoms with E-state index in [0.717, 1.165) is 19.3 Å². The Morgan fingerprint density at radius 1 is 1.00 bits per heavy atom. The van der Waals surface area contributed by atoms with Gasteiger partial charge in [0.2, 0.25) is 0 Å². The van der Waals surface area contributed by atoms with E-state index in [-0.39, 0.29) is 17.5 Å². The zero-order valence-electron chi connectivity index (χ0n) is 10.0. The van der Waals surface area contributed by atoms with Gasteiger partial charge in [-0.05, 0) is 41.7 Å². The fraction of sp³-hybridized carbons (Fsp3) is 1.00. The zero-order chi connectivity index (χ0) is 12.2. The van der Waals surface area contributed by atoms with Crippen molar-refractivity contribution in [2.24, 2.45) is 21.6 Å². The summed E-state index contributed by atoms with van der Waals surface area (Å²) >= 11 is 0. The molecule has 0 saturated heterocycles. The van der Waals surface area contributed by atoms with Gasteiger partial charge < -0.3 is 0 Å². The van der Waals surface area contributed by atoms with Gasteiger partial charge in [0.05, 0.1) is 0 Å². The van der Waals surface area contributed by atoms with Gasteiger partial charge in [-0.15, -0.1) is 0 Å². The molecule has 0 amide bonds. The average molecular weight is 222 g/mol. The zero-order valence-corrected chi connectivity index (χ0v) is 10.0. The number of azide groups is 2. The lowest BCUT2D eigenvalue weighted by Gasteiger charge is -2.38. The van der Waals surface area contributed by atoms with Gasteiger partial charge in [-0.2, -0.15) is 0 Å². The number of nitrogens with zero attached hydrogens (tertiary/aromatic N) is 6. The molecule has 0 aromatic carbocycles. The van der Waals surface area contributed by atoms with Crippen LogP contribution >= 0.6 is 0 Å². The molecule has 6 heteroatoms. The summed E-state index contributed by atoms with van der Waals surface area (Å²) in [7, 11) is 0. The van der Waals surface area contributed by atoms with Crippen molar-refractivity contribution < 1.29 is 0 Å². The Morgan fingerprint density at radius 2 is 1.56 bits per heavy atom. The minimum Gasteiger partial charge on any atom is -0.0902 e. The molecule has 0 spiro atoms. The van der Waals surface area contributed by atoms with E-state index in [0.29, 0.717) is 5.92 Å². The Kier molecular flexibility index (Phi) is 4.05. The molecular formula is C10H18N6. The minimum atomic E-state index is -0.182. The summed E-state index contributed by atoms with van der Waals surface area (Å²) < 4.78 is 0. The van der Waals surface area contributed by atoms with Crippen LogP contribution in [0.4, 0.5) is 0 Å². The molecule has 1 rings (SSSR count). The summed E-state index contributed by atoms with van der Waals surface area (Å²) in [6.07, 6.45) is 2.66. The molecule has 3 atom stereocenters. The summed E-state index contributed by atoms with van der Waals surface area (Å²) in [5.41, 5.74) is 17.2. The van der Waals surface area contributed by atoms with Crippen molar-refractivity contribution >= 4 is 0 Å². The lowest BCUT2D eigenvalue weighted by Crippen LogP contribution is -2.35. The van der Waals surface area contributed by atoms with Crippen LogP contribution in [-0.2, 0) is 0 Å². The highest BCUT2D eigenvalue weighted by Crippen LogP contribution is 2.39. The first-order valence-electron chi connectivity index (χ1n) is 5.57. The smallest absolute Gasteiger partial charge is 0.0461 e. The molecule has 88 valence electrons. The van der Waals surface area contributed by atoms with E-state index in [4.69, 9.17) is 11.1 Å². The van der Waals surface area contributed by atoms with Gasteiger partial charge in [-0.1, -0.05) is 31.0 Å². The van der Waals surface area contributed by atoms with Crippen molar-refractivity contribution in [2.45, 2.75) is 52.1 Å². The largest absolute Gasteiger partial charge is 0.0902 e. The van der Waals surface area contributed by atoms with Crippen LogP contribution in [0.3, 0.4) is 0 Å². The summed E-state index contributed by atoms with van der Waals surface area (Å²) in [6, 6.07) is -0.349. The van der Waals surface area contributed by atoms with Crippen molar-refractivity contribution in [2.75, 3.05) is 0 Å². The maximum absolute atomic E-state index is 8.52. The second-order valence-corrected chi connectivity index (χ2v) is 5.42. The van der Waals surface area contributed by atoms with E-state index in [1.165, 1.54) is 0 Å². The van der Waals surface area contributed by atoms with Crippen molar-refractivity contribution in [3.63, 3.8) is 0 Å². The SMILES string of the molecule is CC(C)(C)C1CCC(N=[N+]=[N-])C(N=[N+]=[N-])C1. The topological polar surface area (TPSA) is 97.5 Å². The van der Waals surface area contributed by atoms with Crippen LogP contribution in [-0.4, -0.2) is 12.1 Å². The normalized spacial score (nSPS) is 30.1. The molecule has 1 aliphatic rings. The highest BCUT2D eigenvalue weighted by Gasteiger charge is 2.34. The van der Waals surface area contributed by atoms with E-state index in [9.17, 15) is 0 Å². The van der Waals surface area contributed by atoms with Gasteiger partial charge in [0.15, 0.2) is 0 Å².